The molecular weight excluding hydrogens is 549 g/mol. The predicted octanol–water partition coefficient (Wildman–Crippen LogP) is -1.46. The Morgan fingerprint density at radius 1 is 1.32 bits per heavy atom. The van der Waals surface area contributed by atoms with Gasteiger partial charge in [-0.05, 0) is 27.7 Å². The van der Waals surface area contributed by atoms with E-state index in [4.69, 9.17) is 14.0 Å². The van der Waals surface area contributed by atoms with E-state index >= 15 is 0 Å². The number of rotatable bonds is 11. The molecule has 6 N–H and O–H groups in total. The molecule has 0 saturated carbocycles. The molecule has 2 fully saturated rings. The molecule has 16 nitrogen and oxygen atoms in total. The Bertz CT molecular complexity index is 1230. The lowest BCUT2D eigenvalue weighted by atomic mass is 9.96. The number of aromatic nitrogens is 2. The number of ether oxygens (including phenoxy) is 2. The maximum Gasteiger partial charge on any atom is 0.330 e. The second kappa shape index (κ2) is 11.7. The standard InChI is InChI=1S/C20H30N5O11PS/c1-9(2)35-16(29)10(3)24-37(33,38-8-11-15(28)23-18(30)21-11)34-7-12-14(27)20(4,32)17(36-12)25-6-5-13(26)22-19(25)31/h5-6,9-12,14,17,27,32H,7-8H2,1-4H3,(H,24,33)(H,22,26,31)(H2,21,23,28,30)/t10-,11?,12?,14-,17?,20-,37?/m1/s1. The van der Waals surface area contributed by atoms with Gasteiger partial charge in [-0.25, -0.2) is 14.7 Å². The molecule has 212 valence electrons. The number of urea groups is 1. The van der Waals surface area contributed by atoms with E-state index in [2.05, 4.69) is 10.4 Å². The summed E-state index contributed by atoms with van der Waals surface area (Å²) in [6.07, 6.45) is -3.74. The number of aromatic amines is 1. The molecule has 0 aliphatic carbocycles. The summed E-state index contributed by atoms with van der Waals surface area (Å²) >= 11 is 0.622. The Morgan fingerprint density at radius 3 is 2.58 bits per heavy atom. The van der Waals surface area contributed by atoms with Crippen LogP contribution in [0, 0.1) is 0 Å². The lowest BCUT2D eigenvalue weighted by Crippen LogP contribution is -2.47. The van der Waals surface area contributed by atoms with Crippen molar-refractivity contribution >= 4 is 36.0 Å². The molecule has 18 heteroatoms. The van der Waals surface area contributed by atoms with Crippen LogP contribution in [0.15, 0.2) is 21.9 Å². The maximum absolute atomic E-state index is 13.7. The van der Waals surface area contributed by atoms with Crippen molar-refractivity contribution in [1.82, 2.24) is 25.3 Å². The smallest absolute Gasteiger partial charge is 0.330 e. The fraction of sp³-hybridized carbons (Fsp3) is 0.650. The van der Waals surface area contributed by atoms with Crippen molar-refractivity contribution < 1.29 is 43.2 Å². The number of aliphatic hydroxyl groups is 2. The van der Waals surface area contributed by atoms with Gasteiger partial charge in [0.05, 0.1) is 12.7 Å². The van der Waals surface area contributed by atoms with Gasteiger partial charge in [0.1, 0.15) is 29.9 Å². The number of carbonyl (C=O) groups excluding carboxylic acids is 3. The van der Waals surface area contributed by atoms with Gasteiger partial charge in [-0.1, -0.05) is 11.4 Å². The van der Waals surface area contributed by atoms with Gasteiger partial charge < -0.3 is 29.5 Å². The quantitative estimate of drug-likeness (QED) is 0.100. The van der Waals surface area contributed by atoms with Crippen molar-refractivity contribution in [1.29, 1.82) is 0 Å². The molecule has 3 rings (SSSR count). The van der Waals surface area contributed by atoms with E-state index in [0.717, 1.165) is 16.8 Å². The number of hydrogen-bond donors (Lipinski definition) is 6. The molecule has 0 bridgehead atoms. The highest BCUT2D eigenvalue weighted by atomic mass is 32.7. The topological polar surface area (TPSA) is 227 Å². The van der Waals surface area contributed by atoms with Gasteiger partial charge >= 0.3 is 24.4 Å². The van der Waals surface area contributed by atoms with Crippen LogP contribution in [0.5, 0.6) is 0 Å². The molecule has 4 unspecified atom stereocenters. The Labute approximate surface area is 220 Å². The highest BCUT2D eigenvalue weighted by Crippen LogP contribution is 2.57. The number of H-pyrrole nitrogens is 1. The number of amides is 3. The van der Waals surface area contributed by atoms with Gasteiger partial charge in [0.25, 0.3) is 11.5 Å². The summed E-state index contributed by atoms with van der Waals surface area (Å²) < 4.78 is 30.9. The van der Waals surface area contributed by atoms with Crippen molar-refractivity contribution in [2.75, 3.05) is 12.4 Å². The number of imide groups is 1. The minimum atomic E-state index is -4.05. The highest BCUT2D eigenvalue weighted by Gasteiger charge is 2.54. The molecule has 7 atom stereocenters. The summed E-state index contributed by atoms with van der Waals surface area (Å²) in [7, 11) is 0. The van der Waals surface area contributed by atoms with Crippen LogP contribution in [-0.2, 0) is 28.2 Å². The zero-order valence-corrected chi connectivity index (χ0v) is 22.6. The van der Waals surface area contributed by atoms with Crippen LogP contribution in [-0.4, -0.2) is 86.0 Å². The van der Waals surface area contributed by atoms with Crippen LogP contribution in [0.3, 0.4) is 0 Å². The Balaban J connectivity index is 1.76. The molecule has 38 heavy (non-hydrogen) atoms. The number of nitrogens with zero attached hydrogens (tertiary/aromatic N) is 1. The van der Waals surface area contributed by atoms with Crippen molar-refractivity contribution in [2.24, 2.45) is 0 Å². The first-order valence-electron chi connectivity index (χ1n) is 11.5. The Kier molecular flexibility index (Phi) is 9.24. The van der Waals surface area contributed by atoms with E-state index < -0.39 is 84.7 Å². The SMILES string of the molecule is CC(C)OC(=O)[C@@H](C)NP(=O)(OCC1OC(n2ccc(=O)[nH]c2=O)[C@](C)(O)[C@@H]1O)SCC1NC(=O)NC1=O. The summed E-state index contributed by atoms with van der Waals surface area (Å²) in [5.74, 6) is -1.57. The Hall–Kier alpha value is -2.53. The van der Waals surface area contributed by atoms with Crippen LogP contribution < -0.4 is 27.0 Å². The summed E-state index contributed by atoms with van der Waals surface area (Å²) in [4.78, 5) is 61.2. The first kappa shape index (κ1) is 30.0. The fourth-order valence-electron chi connectivity index (χ4n) is 3.65. The largest absolute Gasteiger partial charge is 0.462 e. The maximum atomic E-state index is 13.7. The average Bonchev–Trinajstić information content (AvgIpc) is 3.25. The minimum Gasteiger partial charge on any atom is -0.462 e. The number of esters is 1. The number of carbonyl (C=O) groups is 3. The van der Waals surface area contributed by atoms with Crippen molar-refractivity contribution in [3.8, 4) is 0 Å². The van der Waals surface area contributed by atoms with Crippen molar-refractivity contribution in [3.63, 3.8) is 0 Å². The fourth-order valence-corrected chi connectivity index (χ4v) is 7.51. The summed E-state index contributed by atoms with van der Waals surface area (Å²) in [6, 6.07) is -1.82. The normalized spacial score (nSPS) is 29.6. The molecule has 2 saturated heterocycles. The van der Waals surface area contributed by atoms with Gasteiger partial charge in [0.2, 0.25) is 0 Å². The zero-order chi connectivity index (χ0) is 28.4. The number of hydrogen-bond acceptors (Lipinski definition) is 12. The molecular formula is C20H30N5O11PS. The van der Waals surface area contributed by atoms with Gasteiger partial charge in [-0.2, -0.15) is 0 Å². The van der Waals surface area contributed by atoms with E-state index in [1.54, 1.807) is 13.8 Å². The Morgan fingerprint density at radius 2 is 2.00 bits per heavy atom. The zero-order valence-electron chi connectivity index (χ0n) is 20.9. The minimum absolute atomic E-state index is 0.199. The monoisotopic (exact) mass is 579 g/mol. The molecule has 1 aromatic heterocycles. The van der Waals surface area contributed by atoms with Crippen LogP contribution in [0.2, 0.25) is 0 Å². The molecule has 3 amide bonds. The lowest BCUT2D eigenvalue weighted by molar-refractivity contribution is -0.149. The second-order valence-electron chi connectivity index (χ2n) is 9.16. The van der Waals surface area contributed by atoms with Gasteiger partial charge in [0, 0.05) is 18.0 Å². The third-order valence-electron chi connectivity index (χ3n) is 5.59. The van der Waals surface area contributed by atoms with E-state index in [-0.39, 0.29) is 5.75 Å². The summed E-state index contributed by atoms with van der Waals surface area (Å²) in [5, 5.41) is 28.5. The van der Waals surface area contributed by atoms with Crippen LogP contribution in [0.25, 0.3) is 0 Å². The number of nitrogens with one attached hydrogen (secondary N) is 4. The molecule has 0 radical (unpaired) electrons. The van der Waals surface area contributed by atoms with Crippen LogP contribution >= 0.6 is 18.1 Å². The van der Waals surface area contributed by atoms with Crippen LogP contribution in [0.1, 0.15) is 33.9 Å². The van der Waals surface area contributed by atoms with E-state index in [1.807, 2.05) is 10.3 Å². The summed E-state index contributed by atoms with van der Waals surface area (Å²) in [6.45, 7) is 1.21. The second-order valence-corrected chi connectivity index (χ2v) is 13.5. The van der Waals surface area contributed by atoms with Gasteiger partial charge in [-0.3, -0.25) is 33.8 Å². The van der Waals surface area contributed by atoms with Crippen LogP contribution in [0.4, 0.5) is 4.79 Å². The average molecular weight is 580 g/mol. The van der Waals surface area contributed by atoms with Gasteiger partial charge in [0.15, 0.2) is 6.23 Å². The molecule has 0 aromatic carbocycles. The van der Waals surface area contributed by atoms with E-state index in [9.17, 15) is 38.8 Å². The number of aliphatic hydroxyl groups excluding tert-OH is 1. The highest BCUT2D eigenvalue weighted by molar-refractivity contribution is 8.56. The third kappa shape index (κ3) is 6.91. The molecule has 3 heterocycles. The molecule has 1 aromatic rings. The predicted molar refractivity (Wildman–Crippen MR) is 132 cm³/mol. The first-order chi connectivity index (χ1) is 17.6. The van der Waals surface area contributed by atoms with Crippen molar-refractivity contribution in [3.05, 3.63) is 33.1 Å². The molecule has 2 aliphatic rings. The molecule has 0 spiro atoms. The summed E-state index contributed by atoms with van der Waals surface area (Å²) in [5.41, 5.74) is -3.60. The third-order valence-corrected chi connectivity index (χ3v) is 9.71. The van der Waals surface area contributed by atoms with Gasteiger partial charge in [-0.15, -0.1) is 0 Å². The van der Waals surface area contributed by atoms with Crippen molar-refractivity contribution in [2.45, 2.75) is 69.9 Å². The lowest BCUT2D eigenvalue weighted by Gasteiger charge is -2.27. The van der Waals surface area contributed by atoms with E-state index in [0.29, 0.717) is 11.4 Å². The first-order valence-corrected chi connectivity index (χ1v) is 14.7. The van der Waals surface area contributed by atoms with E-state index in [1.165, 1.54) is 13.8 Å². The molecule has 2 aliphatic heterocycles.